The Morgan fingerprint density at radius 1 is 0.778 bits per heavy atom. The molecule has 0 spiro atoms. The minimum Gasteiger partial charge on any atom is -0.330 e. The Kier molecular flexibility index (Phi) is 12.5. The molecule has 0 aromatic heterocycles. The van der Waals surface area contributed by atoms with Crippen LogP contribution in [0.1, 0.15) is 64.2 Å². The largest absolute Gasteiger partial charge is 0.430 e. The van der Waals surface area contributed by atoms with E-state index in [0.29, 0.717) is 5.75 Å². The van der Waals surface area contributed by atoms with E-state index in [1.807, 2.05) is 0 Å². The Bertz CT molecular complexity index is 281. The first-order chi connectivity index (χ1) is 8.56. The number of nitrogens with two attached hydrogens (primary N) is 1. The summed E-state index contributed by atoms with van der Waals surface area (Å²) >= 11 is 0. The first-order valence-corrected chi connectivity index (χ1v) is 9.87. The predicted molar refractivity (Wildman–Crippen MR) is 80.9 cm³/mol. The van der Waals surface area contributed by atoms with E-state index < -0.39 is 9.05 Å². The highest BCUT2D eigenvalue weighted by Crippen LogP contribution is 2.10. The number of hydrogen-bond donors (Lipinski definition) is 3. The van der Waals surface area contributed by atoms with Gasteiger partial charge in [0.25, 0.3) is 10.3 Å². The van der Waals surface area contributed by atoms with E-state index in [1.54, 1.807) is 0 Å². The maximum absolute atomic E-state index is 10.5. The third-order valence-electron chi connectivity index (χ3n) is 2.84. The van der Waals surface area contributed by atoms with Crippen LogP contribution >= 0.6 is 0 Å². The molecule has 4 nitrogen and oxygen atoms in total. The fourth-order valence-corrected chi connectivity index (χ4v) is 3.37. The summed E-state index contributed by atoms with van der Waals surface area (Å²) in [7, 11) is -2.84. The number of hydrogen-bond acceptors (Lipinski definition) is 2. The van der Waals surface area contributed by atoms with Crippen LogP contribution in [-0.2, 0) is 19.4 Å². The molecular weight excluding hydrogens is 270 g/mol. The van der Waals surface area contributed by atoms with E-state index in [-0.39, 0.29) is 0 Å². The van der Waals surface area contributed by atoms with Gasteiger partial charge in [0.05, 0.1) is 0 Å². The van der Waals surface area contributed by atoms with Crippen LogP contribution in [0.15, 0.2) is 0 Å². The molecule has 0 rings (SSSR count). The summed E-state index contributed by atoms with van der Waals surface area (Å²) < 4.78 is 27.8. The molecule has 0 radical (unpaired) electrons. The van der Waals surface area contributed by atoms with Gasteiger partial charge in [-0.1, -0.05) is 44.9 Å². The van der Waals surface area contributed by atoms with Crippen LogP contribution in [0.5, 0.6) is 0 Å². The average molecular weight is 298 g/mol. The average Bonchev–Trinajstić information content (AvgIpc) is 2.29. The molecule has 4 N–H and O–H groups in total. The monoisotopic (exact) mass is 298 g/mol. The van der Waals surface area contributed by atoms with Gasteiger partial charge in [-0.3, -0.25) is 9.11 Å². The highest BCUT2D eigenvalue weighted by atomic mass is 32.9. The third-order valence-corrected chi connectivity index (χ3v) is 5.02. The fourth-order valence-electron chi connectivity index (χ4n) is 1.83. The van der Waals surface area contributed by atoms with E-state index in [4.69, 9.17) is 14.8 Å². The van der Waals surface area contributed by atoms with Gasteiger partial charge in [0, 0.05) is 6.42 Å². The molecule has 6 heteroatoms. The molecule has 0 aliphatic carbocycles. The highest BCUT2D eigenvalue weighted by Gasteiger charge is 2.08. The van der Waals surface area contributed by atoms with Crippen molar-refractivity contribution in [1.82, 2.24) is 0 Å². The lowest BCUT2D eigenvalue weighted by molar-refractivity contribution is 0.450. The number of unbranched alkanes of at least 4 members (excludes halogenated alkanes) is 9. The van der Waals surface area contributed by atoms with E-state index in [1.165, 1.54) is 44.9 Å². The van der Waals surface area contributed by atoms with Crippen molar-refractivity contribution in [1.29, 1.82) is 0 Å². The van der Waals surface area contributed by atoms with Crippen LogP contribution < -0.4 is 5.73 Å². The van der Waals surface area contributed by atoms with E-state index in [9.17, 15) is 4.21 Å². The zero-order chi connectivity index (χ0) is 13.7. The topological polar surface area (TPSA) is 83.6 Å². The fraction of sp³-hybridized carbons (Fsp3) is 1.00. The first kappa shape index (κ1) is 18.2. The van der Waals surface area contributed by atoms with Crippen molar-refractivity contribution in [3.05, 3.63) is 0 Å². The van der Waals surface area contributed by atoms with Gasteiger partial charge in [-0.25, -0.2) is 0 Å². The Labute approximate surface area is 115 Å². The molecule has 0 aliphatic rings. The van der Waals surface area contributed by atoms with Crippen LogP contribution in [0, 0.1) is 0 Å². The Morgan fingerprint density at radius 2 is 1.17 bits per heavy atom. The Morgan fingerprint density at radius 3 is 1.56 bits per heavy atom. The maximum atomic E-state index is 10.5. The van der Waals surface area contributed by atoms with Crippen molar-refractivity contribution in [2.45, 2.75) is 64.2 Å². The summed E-state index contributed by atoms with van der Waals surface area (Å²) in [5.41, 5.74) is 5.42. The van der Waals surface area contributed by atoms with Gasteiger partial charge in [0.1, 0.15) is 0 Å². The molecule has 0 heterocycles. The second-order valence-corrected chi connectivity index (χ2v) is 8.14. The van der Waals surface area contributed by atoms with Crippen LogP contribution in [-0.4, -0.2) is 25.6 Å². The van der Waals surface area contributed by atoms with Crippen molar-refractivity contribution in [3.63, 3.8) is 0 Å². The minimum absolute atomic E-state index is 0.560. The molecular formula is C12H28NO3S2+. The lowest BCUT2D eigenvalue weighted by atomic mass is 10.1. The van der Waals surface area contributed by atoms with Crippen LogP contribution in [0.25, 0.3) is 0 Å². The molecule has 0 amide bonds. The molecule has 0 aliphatic heterocycles. The van der Waals surface area contributed by atoms with Crippen LogP contribution in [0.3, 0.4) is 0 Å². The molecule has 110 valence electrons. The summed E-state index contributed by atoms with van der Waals surface area (Å²) in [6, 6.07) is 0. The molecule has 0 bridgehead atoms. The van der Waals surface area contributed by atoms with Crippen molar-refractivity contribution < 1.29 is 13.3 Å². The van der Waals surface area contributed by atoms with Crippen LogP contribution in [0.4, 0.5) is 0 Å². The lowest BCUT2D eigenvalue weighted by Crippen LogP contribution is -1.98. The smallest absolute Gasteiger partial charge is 0.330 e. The minimum atomic E-state index is -3.58. The second kappa shape index (κ2) is 12.3. The van der Waals surface area contributed by atoms with Crippen molar-refractivity contribution in [3.8, 4) is 0 Å². The third kappa shape index (κ3) is 16.2. The van der Waals surface area contributed by atoms with Gasteiger partial charge in [0.2, 0.25) is 0 Å². The van der Waals surface area contributed by atoms with E-state index >= 15 is 0 Å². The van der Waals surface area contributed by atoms with E-state index in [2.05, 4.69) is 0 Å². The van der Waals surface area contributed by atoms with Gasteiger partial charge in [-0.15, -0.1) is 0 Å². The quantitative estimate of drug-likeness (QED) is 0.382. The molecule has 0 atom stereocenters. The highest BCUT2D eigenvalue weighted by molar-refractivity contribution is 8.34. The van der Waals surface area contributed by atoms with Gasteiger partial charge in [-0.2, -0.15) is 4.21 Å². The lowest BCUT2D eigenvalue weighted by Gasteiger charge is -2.00. The molecule has 0 aromatic carbocycles. The molecule has 0 saturated carbocycles. The summed E-state index contributed by atoms with van der Waals surface area (Å²) in [6.07, 6.45) is 12.0. The Balaban J connectivity index is 3.10. The molecule has 0 saturated heterocycles. The van der Waals surface area contributed by atoms with Crippen LogP contribution in [0.2, 0.25) is 0 Å². The summed E-state index contributed by atoms with van der Waals surface area (Å²) in [6.45, 7) is 0.812. The predicted octanol–water partition coefficient (Wildman–Crippen LogP) is 3.07. The standard InChI is InChI=1S/C12H27NO3S2/c13-11-9-7-5-3-1-2-4-6-8-10-12-17-18(14,15)16/h1-13H2,(H-,14,15,16)/p+1. The summed E-state index contributed by atoms with van der Waals surface area (Å²) in [4.78, 5) is 0. The molecule has 0 fully saturated rings. The summed E-state index contributed by atoms with van der Waals surface area (Å²) in [5.74, 6) is 0.560. The van der Waals surface area contributed by atoms with Crippen molar-refractivity contribution in [2.75, 3.05) is 12.3 Å². The number of rotatable bonds is 12. The SMILES string of the molecule is NCCCCCCCCCCCC[S+]=S(=O)(O)O. The van der Waals surface area contributed by atoms with Gasteiger partial charge in [-0.05, 0) is 19.4 Å². The van der Waals surface area contributed by atoms with Gasteiger partial charge in [0.15, 0.2) is 5.75 Å². The van der Waals surface area contributed by atoms with Gasteiger partial charge >= 0.3 is 9.05 Å². The Hall–Kier alpha value is 0.250. The second-order valence-electron chi connectivity index (χ2n) is 4.59. The van der Waals surface area contributed by atoms with Gasteiger partial charge < -0.3 is 5.73 Å². The summed E-state index contributed by atoms with van der Waals surface area (Å²) in [5, 5.41) is 0. The first-order valence-electron chi connectivity index (χ1n) is 6.90. The van der Waals surface area contributed by atoms with E-state index in [0.717, 1.165) is 36.1 Å². The van der Waals surface area contributed by atoms with Crippen molar-refractivity contribution in [2.24, 2.45) is 5.73 Å². The zero-order valence-electron chi connectivity index (χ0n) is 11.2. The zero-order valence-corrected chi connectivity index (χ0v) is 12.8. The molecule has 0 unspecified atom stereocenters. The maximum Gasteiger partial charge on any atom is 0.430 e. The molecule has 18 heavy (non-hydrogen) atoms. The molecule has 0 aromatic rings. The van der Waals surface area contributed by atoms with Crippen molar-refractivity contribution >= 4 is 19.4 Å². The normalized spacial score (nSPS) is 11.7.